The van der Waals surface area contributed by atoms with Crippen molar-refractivity contribution in [2.75, 3.05) is 25.5 Å². The number of nitrogens with zero attached hydrogens (tertiary/aromatic N) is 4. The lowest BCUT2D eigenvalue weighted by Gasteiger charge is -2.39. The Balaban J connectivity index is 1.69. The van der Waals surface area contributed by atoms with E-state index in [2.05, 4.69) is 10.3 Å². The summed E-state index contributed by atoms with van der Waals surface area (Å²) in [4.78, 5) is 30.7. The molecular formula is C25H25F3N6O2. The van der Waals surface area contributed by atoms with Crippen molar-refractivity contribution < 1.29 is 22.8 Å². The summed E-state index contributed by atoms with van der Waals surface area (Å²) < 4.78 is 41.4. The highest BCUT2D eigenvalue weighted by atomic mass is 19.4. The van der Waals surface area contributed by atoms with Gasteiger partial charge in [0.2, 0.25) is 11.8 Å². The van der Waals surface area contributed by atoms with Crippen LogP contribution in [0, 0.1) is 17.2 Å². The Hall–Kier alpha value is -4.33. The van der Waals surface area contributed by atoms with Crippen molar-refractivity contribution in [2.24, 2.45) is 16.6 Å². The smallest absolute Gasteiger partial charge is 0.403 e. The summed E-state index contributed by atoms with van der Waals surface area (Å²) in [6.07, 6.45) is -4.03. The van der Waals surface area contributed by atoms with Crippen LogP contribution in [0.3, 0.4) is 0 Å². The van der Waals surface area contributed by atoms with Gasteiger partial charge in [0, 0.05) is 45.5 Å². The number of allylic oxidation sites excluding steroid dienone is 1. The molecular weight excluding hydrogens is 473 g/mol. The fourth-order valence-electron chi connectivity index (χ4n) is 3.63. The second-order valence-electron chi connectivity index (χ2n) is 8.34. The molecule has 2 aromatic carbocycles. The lowest BCUT2D eigenvalue weighted by molar-refractivity contribution is -0.146. The van der Waals surface area contributed by atoms with E-state index in [9.17, 15) is 22.8 Å². The second kappa shape index (κ2) is 10.9. The van der Waals surface area contributed by atoms with E-state index in [1.54, 1.807) is 41.1 Å². The maximum Gasteiger partial charge on any atom is 0.435 e. The molecule has 0 bridgehead atoms. The number of alkyl halides is 3. The van der Waals surface area contributed by atoms with Crippen molar-refractivity contribution in [3.05, 3.63) is 71.6 Å². The Bertz CT molecular complexity index is 1230. The molecule has 188 valence electrons. The average Bonchev–Trinajstić information content (AvgIpc) is 2.80. The van der Waals surface area contributed by atoms with Gasteiger partial charge in [-0.1, -0.05) is 18.2 Å². The lowest BCUT2D eigenvalue weighted by atomic mass is 9.98. The number of halogens is 3. The fourth-order valence-corrected chi connectivity index (χ4v) is 3.63. The number of hydrogen-bond donors (Lipinski definition) is 2. The molecule has 1 heterocycles. The maximum atomic E-state index is 13.8. The largest absolute Gasteiger partial charge is 0.435 e. The number of rotatable bonds is 7. The molecule has 1 aliphatic rings. The highest BCUT2D eigenvalue weighted by molar-refractivity contribution is 6.07. The van der Waals surface area contributed by atoms with Crippen molar-refractivity contribution in [3.63, 3.8) is 0 Å². The van der Waals surface area contributed by atoms with E-state index in [-0.39, 0.29) is 29.0 Å². The lowest BCUT2D eigenvalue weighted by Crippen LogP contribution is -2.55. The number of carbonyl (C=O) groups is 2. The Labute approximate surface area is 206 Å². The molecule has 0 aliphatic carbocycles. The van der Waals surface area contributed by atoms with Gasteiger partial charge in [0.05, 0.1) is 28.9 Å². The minimum absolute atomic E-state index is 0.0385. The molecule has 0 aromatic heterocycles. The first-order valence-electron chi connectivity index (χ1n) is 11.0. The minimum Gasteiger partial charge on any atom is -0.403 e. The zero-order chi connectivity index (χ0) is 26.5. The number of nitriles is 1. The van der Waals surface area contributed by atoms with E-state index in [1.165, 1.54) is 31.2 Å². The monoisotopic (exact) mass is 498 g/mol. The summed E-state index contributed by atoms with van der Waals surface area (Å²) in [5, 5.41) is 11.6. The summed E-state index contributed by atoms with van der Waals surface area (Å²) in [7, 11) is 1.66. The van der Waals surface area contributed by atoms with E-state index >= 15 is 0 Å². The van der Waals surface area contributed by atoms with E-state index in [0.717, 1.165) is 11.8 Å². The van der Waals surface area contributed by atoms with Gasteiger partial charge in [-0.3, -0.25) is 9.59 Å². The zero-order valence-corrected chi connectivity index (χ0v) is 19.7. The molecule has 3 rings (SSSR count). The van der Waals surface area contributed by atoms with Crippen molar-refractivity contribution in [2.45, 2.75) is 19.6 Å². The Morgan fingerprint density at radius 3 is 2.47 bits per heavy atom. The number of amides is 2. The van der Waals surface area contributed by atoms with Crippen LogP contribution in [0.5, 0.6) is 0 Å². The number of hydrogen-bond acceptors (Lipinski definition) is 6. The molecule has 2 aromatic rings. The van der Waals surface area contributed by atoms with E-state index in [4.69, 9.17) is 11.0 Å². The number of carbonyl (C=O) groups excluding carboxylic acids is 2. The van der Waals surface area contributed by atoms with Crippen LogP contribution in [-0.2, 0) is 16.1 Å². The SMILES string of the molecule is CC(=O)N1CC(C(=O)N(C)Cc2ccc(N/C(=C/N)C(=Nc3cccc(C#N)c3)C(F)(F)F)cc2)C1. The van der Waals surface area contributed by atoms with Crippen LogP contribution in [0.2, 0.25) is 0 Å². The van der Waals surface area contributed by atoms with Gasteiger partial charge in [0.1, 0.15) is 0 Å². The fraction of sp³-hybridized carbons (Fsp3) is 0.280. The predicted octanol–water partition coefficient (Wildman–Crippen LogP) is 3.54. The predicted molar refractivity (Wildman–Crippen MR) is 129 cm³/mol. The maximum absolute atomic E-state index is 13.8. The number of anilines is 1. The highest BCUT2D eigenvalue weighted by Crippen LogP contribution is 2.27. The summed E-state index contributed by atoms with van der Waals surface area (Å²) in [5.41, 5.74) is 5.06. The van der Waals surface area contributed by atoms with Crippen LogP contribution in [0.1, 0.15) is 18.1 Å². The number of nitrogens with one attached hydrogen (secondary N) is 1. The van der Waals surface area contributed by atoms with Crippen LogP contribution in [0.15, 0.2) is 65.4 Å². The Kier molecular flexibility index (Phi) is 7.99. The molecule has 8 nitrogen and oxygen atoms in total. The normalized spacial score (nSPS) is 14.6. The first kappa shape index (κ1) is 26.3. The highest BCUT2D eigenvalue weighted by Gasteiger charge is 2.39. The van der Waals surface area contributed by atoms with Crippen molar-refractivity contribution >= 4 is 28.9 Å². The van der Waals surface area contributed by atoms with Crippen LogP contribution >= 0.6 is 0 Å². The zero-order valence-electron chi connectivity index (χ0n) is 19.7. The van der Waals surface area contributed by atoms with Crippen molar-refractivity contribution in [1.82, 2.24) is 9.80 Å². The number of aliphatic imine (C=N–C) groups is 1. The van der Waals surface area contributed by atoms with Crippen LogP contribution in [0.25, 0.3) is 0 Å². The Morgan fingerprint density at radius 1 is 1.25 bits per heavy atom. The summed E-state index contributed by atoms with van der Waals surface area (Å²) in [5.74, 6) is -0.370. The standard InChI is InChI=1S/C25H25F3N6O2/c1-16(35)34-14-19(15-34)24(36)33(2)13-17-6-8-20(9-7-17)31-22(12-30)23(25(26,27)28)32-21-5-3-4-18(10-21)11-29/h3-10,12,19,31H,13-15,30H2,1-2H3/b22-12+,32-23?. The number of nitrogens with two attached hydrogens (primary N) is 1. The minimum atomic E-state index is -4.82. The summed E-state index contributed by atoms with van der Waals surface area (Å²) in [6.45, 7) is 2.57. The van der Waals surface area contributed by atoms with Gasteiger partial charge >= 0.3 is 6.18 Å². The third kappa shape index (κ3) is 6.41. The van der Waals surface area contributed by atoms with Gasteiger partial charge in [-0.15, -0.1) is 0 Å². The van der Waals surface area contributed by atoms with E-state index in [1.807, 2.05) is 6.07 Å². The van der Waals surface area contributed by atoms with Crippen molar-refractivity contribution in [1.29, 1.82) is 5.26 Å². The third-order valence-corrected chi connectivity index (χ3v) is 5.61. The van der Waals surface area contributed by atoms with E-state index < -0.39 is 17.6 Å². The van der Waals surface area contributed by atoms with Crippen molar-refractivity contribution in [3.8, 4) is 6.07 Å². The molecule has 0 unspecified atom stereocenters. The summed E-state index contributed by atoms with van der Waals surface area (Å²) in [6, 6.07) is 13.9. The number of likely N-dealkylation sites (tertiary alicyclic amines) is 1. The summed E-state index contributed by atoms with van der Waals surface area (Å²) >= 11 is 0. The van der Waals surface area contributed by atoms with Crippen LogP contribution < -0.4 is 11.1 Å². The molecule has 11 heteroatoms. The topological polar surface area (TPSA) is 115 Å². The van der Waals surface area contributed by atoms with Crippen LogP contribution in [-0.4, -0.2) is 53.6 Å². The van der Waals surface area contributed by atoms with Crippen LogP contribution in [0.4, 0.5) is 24.5 Å². The van der Waals surface area contributed by atoms with Gasteiger partial charge in [-0.2, -0.15) is 18.4 Å². The molecule has 1 fully saturated rings. The molecule has 1 aliphatic heterocycles. The van der Waals surface area contributed by atoms with Gasteiger partial charge in [-0.25, -0.2) is 4.99 Å². The van der Waals surface area contributed by atoms with Gasteiger partial charge < -0.3 is 20.9 Å². The molecule has 36 heavy (non-hydrogen) atoms. The number of benzene rings is 2. The van der Waals surface area contributed by atoms with Gasteiger partial charge in [-0.05, 0) is 35.9 Å². The quantitative estimate of drug-likeness (QED) is 0.567. The Morgan fingerprint density at radius 2 is 1.92 bits per heavy atom. The molecule has 0 atom stereocenters. The van der Waals surface area contributed by atoms with Gasteiger partial charge in [0.25, 0.3) is 0 Å². The molecule has 2 amide bonds. The third-order valence-electron chi connectivity index (χ3n) is 5.61. The molecule has 1 saturated heterocycles. The molecule has 0 radical (unpaired) electrons. The van der Waals surface area contributed by atoms with Gasteiger partial charge in [0.15, 0.2) is 5.71 Å². The second-order valence-corrected chi connectivity index (χ2v) is 8.34. The molecule has 3 N–H and O–H groups in total. The molecule has 0 saturated carbocycles. The molecule has 0 spiro atoms. The first-order chi connectivity index (χ1) is 17.0. The first-order valence-corrected chi connectivity index (χ1v) is 11.0. The average molecular weight is 499 g/mol. The van der Waals surface area contributed by atoms with E-state index in [0.29, 0.717) is 25.3 Å².